The van der Waals surface area contributed by atoms with Crippen LogP contribution in [0, 0.1) is 16.7 Å². The van der Waals surface area contributed by atoms with Crippen molar-refractivity contribution in [3.63, 3.8) is 0 Å². The zero-order valence-corrected chi connectivity index (χ0v) is 13.7. The predicted octanol–water partition coefficient (Wildman–Crippen LogP) is 3.70. The Morgan fingerprint density at radius 1 is 1.38 bits per heavy atom. The molecule has 5 unspecified atom stereocenters. The summed E-state index contributed by atoms with van der Waals surface area (Å²) in [6.45, 7) is 9.27. The molecule has 1 heterocycles. The SMILES string of the molecule is CC(N)C(OC1CC2CCC1(C)C2(C)C)c1cccnc1. The topological polar surface area (TPSA) is 48.1 Å². The molecule has 116 valence electrons. The smallest absolute Gasteiger partial charge is 0.0991 e. The maximum atomic E-state index is 6.57. The summed E-state index contributed by atoms with van der Waals surface area (Å²) in [4.78, 5) is 4.22. The number of aromatic nitrogens is 1. The highest BCUT2D eigenvalue weighted by Gasteiger charge is 2.62. The van der Waals surface area contributed by atoms with E-state index in [1.165, 1.54) is 19.3 Å². The number of nitrogens with zero attached hydrogens (tertiary/aromatic N) is 1. The number of pyridine rings is 1. The van der Waals surface area contributed by atoms with Crippen molar-refractivity contribution in [1.29, 1.82) is 0 Å². The van der Waals surface area contributed by atoms with E-state index in [2.05, 4.69) is 31.8 Å². The van der Waals surface area contributed by atoms with E-state index < -0.39 is 0 Å². The molecule has 0 radical (unpaired) electrons. The highest BCUT2D eigenvalue weighted by molar-refractivity contribution is 5.16. The molecule has 2 aliphatic rings. The molecule has 3 rings (SSSR count). The fraction of sp³-hybridized carbons (Fsp3) is 0.722. The minimum absolute atomic E-state index is 0.0277. The molecular formula is C18H28N2O. The minimum Gasteiger partial charge on any atom is -0.368 e. The van der Waals surface area contributed by atoms with E-state index in [-0.39, 0.29) is 17.6 Å². The van der Waals surface area contributed by atoms with Crippen LogP contribution in [-0.2, 0) is 4.74 Å². The van der Waals surface area contributed by atoms with Crippen LogP contribution >= 0.6 is 0 Å². The van der Waals surface area contributed by atoms with Crippen molar-refractivity contribution in [1.82, 2.24) is 4.98 Å². The first-order valence-electron chi connectivity index (χ1n) is 8.17. The van der Waals surface area contributed by atoms with Gasteiger partial charge in [0, 0.05) is 24.0 Å². The second-order valence-electron chi connectivity index (χ2n) is 7.80. The Labute approximate surface area is 128 Å². The van der Waals surface area contributed by atoms with Crippen LogP contribution < -0.4 is 5.73 Å². The van der Waals surface area contributed by atoms with Crippen LogP contribution in [-0.4, -0.2) is 17.1 Å². The fourth-order valence-electron chi connectivity index (χ4n) is 4.56. The first-order valence-corrected chi connectivity index (χ1v) is 8.17. The Kier molecular flexibility index (Phi) is 3.61. The lowest BCUT2D eigenvalue weighted by molar-refractivity contribution is -0.0944. The number of hydrogen-bond acceptors (Lipinski definition) is 3. The molecule has 0 saturated heterocycles. The minimum atomic E-state index is -0.0596. The molecule has 1 aromatic heterocycles. The summed E-state index contributed by atoms with van der Waals surface area (Å²) in [5, 5.41) is 0. The normalized spacial score (nSPS) is 36.6. The predicted molar refractivity (Wildman–Crippen MR) is 84.7 cm³/mol. The summed E-state index contributed by atoms with van der Waals surface area (Å²) < 4.78 is 6.57. The molecule has 0 aliphatic heterocycles. The van der Waals surface area contributed by atoms with Crippen LogP contribution in [0.4, 0.5) is 0 Å². The molecule has 3 heteroatoms. The highest BCUT2D eigenvalue weighted by Crippen LogP contribution is 2.66. The molecule has 2 aliphatic carbocycles. The van der Waals surface area contributed by atoms with Gasteiger partial charge < -0.3 is 10.5 Å². The van der Waals surface area contributed by atoms with Gasteiger partial charge in [-0.2, -0.15) is 0 Å². The third kappa shape index (κ3) is 2.22. The van der Waals surface area contributed by atoms with E-state index in [1.54, 1.807) is 6.20 Å². The molecule has 21 heavy (non-hydrogen) atoms. The van der Waals surface area contributed by atoms with E-state index in [1.807, 2.05) is 19.2 Å². The Morgan fingerprint density at radius 3 is 2.62 bits per heavy atom. The summed E-state index contributed by atoms with van der Waals surface area (Å²) in [5.74, 6) is 0.787. The molecule has 2 saturated carbocycles. The van der Waals surface area contributed by atoms with Gasteiger partial charge in [-0.25, -0.2) is 0 Å². The van der Waals surface area contributed by atoms with Crippen molar-refractivity contribution in [2.45, 2.75) is 65.2 Å². The van der Waals surface area contributed by atoms with Gasteiger partial charge in [-0.15, -0.1) is 0 Å². The number of ether oxygens (including phenoxy) is 1. The average Bonchev–Trinajstić information content (AvgIpc) is 2.78. The maximum Gasteiger partial charge on any atom is 0.0991 e. The molecular weight excluding hydrogens is 260 g/mol. The van der Waals surface area contributed by atoms with Crippen molar-refractivity contribution in [2.24, 2.45) is 22.5 Å². The Hall–Kier alpha value is -0.930. The van der Waals surface area contributed by atoms with Crippen LogP contribution in [0.15, 0.2) is 24.5 Å². The van der Waals surface area contributed by atoms with Crippen molar-refractivity contribution in [2.75, 3.05) is 0 Å². The Morgan fingerprint density at radius 2 is 2.14 bits per heavy atom. The first kappa shape index (κ1) is 15.0. The summed E-state index contributed by atoms with van der Waals surface area (Å²) in [6, 6.07) is 4.00. The van der Waals surface area contributed by atoms with Crippen LogP contribution in [0.5, 0.6) is 0 Å². The number of hydrogen-bond donors (Lipinski definition) is 1. The van der Waals surface area contributed by atoms with Gasteiger partial charge in [0.05, 0.1) is 12.2 Å². The van der Waals surface area contributed by atoms with E-state index in [0.717, 1.165) is 11.5 Å². The van der Waals surface area contributed by atoms with Gasteiger partial charge in [-0.05, 0) is 49.0 Å². The van der Waals surface area contributed by atoms with E-state index in [0.29, 0.717) is 11.5 Å². The van der Waals surface area contributed by atoms with Gasteiger partial charge in [0.15, 0.2) is 0 Å². The van der Waals surface area contributed by atoms with Gasteiger partial charge in [0.2, 0.25) is 0 Å². The summed E-state index contributed by atoms with van der Waals surface area (Å²) >= 11 is 0. The van der Waals surface area contributed by atoms with Gasteiger partial charge in [0.1, 0.15) is 0 Å². The largest absolute Gasteiger partial charge is 0.368 e. The molecule has 0 spiro atoms. The lowest BCUT2D eigenvalue weighted by Crippen LogP contribution is -2.40. The van der Waals surface area contributed by atoms with E-state index in [4.69, 9.17) is 10.5 Å². The van der Waals surface area contributed by atoms with Crippen LogP contribution in [0.1, 0.15) is 58.6 Å². The quantitative estimate of drug-likeness (QED) is 0.919. The van der Waals surface area contributed by atoms with Crippen molar-refractivity contribution >= 4 is 0 Å². The summed E-state index contributed by atoms with van der Waals surface area (Å²) in [5.41, 5.74) is 7.94. The second kappa shape index (κ2) is 5.06. The molecule has 5 atom stereocenters. The van der Waals surface area contributed by atoms with Crippen LogP contribution in [0.25, 0.3) is 0 Å². The van der Waals surface area contributed by atoms with Crippen molar-refractivity contribution in [3.05, 3.63) is 30.1 Å². The molecule has 2 fully saturated rings. The van der Waals surface area contributed by atoms with Crippen molar-refractivity contribution < 1.29 is 4.74 Å². The maximum absolute atomic E-state index is 6.57. The molecule has 2 N–H and O–H groups in total. The zero-order chi connectivity index (χ0) is 15.3. The third-order valence-electron chi connectivity index (χ3n) is 6.52. The number of rotatable bonds is 4. The van der Waals surface area contributed by atoms with Gasteiger partial charge in [0.25, 0.3) is 0 Å². The molecule has 3 nitrogen and oxygen atoms in total. The van der Waals surface area contributed by atoms with Gasteiger partial charge in [-0.3, -0.25) is 4.98 Å². The van der Waals surface area contributed by atoms with E-state index >= 15 is 0 Å². The summed E-state index contributed by atoms with van der Waals surface area (Å²) in [6.07, 6.45) is 7.72. The lowest BCUT2D eigenvalue weighted by atomic mass is 9.70. The standard InChI is InChI=1S/C18H28N2O/c1-12(19)16(13-6-5-9-20-11-13)21-15-10-14-7-8-18(15,4)17(14,2)3/h5-6,9,11-12,14-16H,7-8,10,19H2,1-4H3. The van der Waals surface area contributed by atoms with Crippen molar-refractivity contribution in [3.8, 4) is 0 Å². The Balaban J connectivity index is 1.83. The molecule has 0 aromatic carbocycles. The van der Waals surface area contributed by atoms with E-state index in [9.17, 15) is 0 Å². The first-order chi connectivity index (χ1) is 9.86. The highest BCUT2D eigenvalue weighted by atomic mass is 16.5. The monoisotopic (exact) mass is 288 g/mol. The van der Waals surface area contributed by atoms with Gasteiger partial charge in [-0.1, -0.05) is 26.8 Å². The van der Waals surface area contributed by atoms with Crippen LogP contribution in [0.2, 0.25) is 0 Å². The Bertz CT molecular complexity index is 499. The molecule has 2 bridgehead atoms. The number of nitrogens with two attached hydrogens (primary N) is 1. The zero-order valence-electron chi connectivity index (χ0n) is 13.7. The molecule has 1 aromatic rings. The molecule has 0 amide bonds. The lowest BCUT2D eigenvalue weighted by Gasteiger charge is -2.41. The third-order valence-corrected chi connectivity index (χ3v) is 6.52. The van der Waals surface area contributed by atoms with Crippen LogP contribution in [0.3, 0.4) is 0 Å². The van der Waals surface area contributed by atoms with Gasteiger partial charge >= 0.3 is 0 Å². The average molecular weight is 288 g/mol. The number of fused-ring (bicyclic) bond motifs is 2. The second-order valence-corrected chi connectivity index (χ2v) is 7.80. The summed E-state index contributed by atoms with van der Waals surface area (Å²) in [7, 11) is 0. The fourth-order valence-corrected chi connectivity index (χ4v) is 4.56.